The quantitative estimate of drug-likeness (QED) is 0.412. The zero-order valence-electron chi connectivity index (χ0n) is 19.0. The number of hydrogen-bond acceptors (Lipinski definition) is 6. The van der Waals surface area contributed by atoms with Gasteiger partial charge in [0.05, 0.1) is 43.3 Å². The maximum Gasteiger partial charge on any atom is 0.123 e. The van der Waals surface area contributed by atoms with Crippen molar-refractivity contribution in [3.63, 3.8) is 0 Å². The average molecular weight is 446 g/mol. The van der Waals surface area contributed by atoms with Crippen LogP contribution in [0.2, 0.25) is 0 Å². The molecular weight excluding hydrogens is 414 g/mol. The van der Waals surface area contributed by atoms with Crippen LogP contribution in [0.5, 0.6) is 11.5 Å². The maximum absolute atomic E-state index is 5.50. The van der Waals surface area contributed by atoms with Crippen molar-refractivity contribution in [2.45, 2.75) is 7.43 Å². The first-order chi connectivity index (χ1) is 15.5. The maximum atomic E-state index is 5.50. The first-order valence-electron chi connectivity index (χ1n) is 10.3. The van der Waals surface area contributed by atoms with Crippen molar-refractivity contribution in [1.82, 2.24) is 24.6 Å². The predicted molar refractivity (Wildman–Crippen MR) is 134 cm³/mol. The molecule has 2 aromatic heterocycles. The highest BCUT2D eigenvalue weighted by Gasteiger charge is 2.12. The van der Waals surface area contributed by atoms with Crippen molar-refractivity contribution < 1.29 is 9.47 Å². The minimum Gasteiger partial charge on any atom is -0.497 e. The van der Waals surface area contributed by atoms with Crippen molar-refractivity contribution in [2.24, 2.45) is 7.05 Å². The summed E-state index contributed by atoms with van der Waals surface area (Å²) in [5, 5.41) is 4.24. The molecule has 0 saturated carbocycles. The SMILES string of the molecule is C.COc1cc(OC)cc(/C(=C/CN(C)C)c2ccc3ncc(-c4cnn(C)c4)nc3c2)c1. The number of aryl methyl sites for hydroxylation is 1. The lowest BCUT2D eigenvalue weighted by molar-refractivity contribution is 0.394. The Morgan fingerprint density at radius 3 is 2.30 bits per heavy atom. The van der Waals surface area contributed by atoms with Gasteiger partial charge in [0.2, 0.25) is 0 Å². The number of ether oxygens (including phenoxy) is 2. The molecule has 0 fully saturated rings. The van der Waals surface area contributed by atoms with Gasteiger partial charge in [-0.1, -0.05) is 19.6 Å². The molecule has 0 aliphatic heterocycles. The predicted octanol–water partition coefficient (Wildman–Crippen LogP) is 4.68. The van der Waals surface area contributed by atoms with Gasteiger partial charge in [-0.2, -0.15) is 5.10 Å². The molecule has 172 valence electrons. The fourth-order valence-electron chi connectivity index (χ4n) is 3.51. The van der Waals surface area contributed by atoms with Gasteiger partial charge in [0.1, 0.15) is 11.5 Å². The molecule has 0 unspecified atom stereocenters. The van der Waals surface area contributed by atoms with Gasteiger partial charge in [-0.3, -0.25) is 9.67 Å². The van der Waals surface area contributed by atoms with E-state index < -0.39 is 0 Å². The lowest BCUT2D eigenvalue weighted by Gasteiger charge is -2.14. The summed E-state index contributed by atoms with van der Waals surface area (Å²) in [4.78, 5) is 11.6. The summed E-state index contributed by atoms with van der Waals surface area (Å²) in [6.07, 6.45) is 7.72. The molecule has 2 heterocycles. The molecule has 2 aromatic carbocycles. The van der Waals surface area contributed by atoms with Crippen molar-refractivity contribution in [2.75, 3.05) is 34.9 Å². The number of hydrogen-bond donors (Lipinski definition) is 0. The van der Waals surface area contributed by atoms with Crippen molar-refractivity contribution in [3.05, 3.63) is 72.2 Å². The van der Waals surface area contributed by atoms with Crippen LogP contribution in [0.25, 0.3) is 27.9 Å². The van der Waals surface area contributed by atoms with E-state index in [4.69, 9.17) is 14.5 Å². The van der Waals surface area contributed by atoms with Crippen LogP contribution in [0.4, 0.5) is 0 Å². The molecule has 0 N–H and O–H groups in total. The van der Waals surface area contributed by atoms with Gasteiger partial charge < -0.3 is 14.4 Å². The Morgan fingerprint density at radius 2 is 1.70 bits per heavy atom. The molecule has 4 rings (SSSR count). The molecule has 7 heteroatoms. The third kappa shape index (κ3) is 5.38. The summed E-state index contributed by atoms with van der Waals surface area (Å²) in [6, 6.07) is 12.1. The molecule has 7 nitrogen and oxygen atoms in total. The fourth-order valence-corrected chi connectivity index (χ4v) is 3.51. The first-order valence-corrected chi connectivity index (χ1v) is 10.3. The Hall–Kier alpha value is -3.71. The zero-order valence-corrected chi connectivity index (χ0v) is 19.0. The second-order valence-corrected chi connectivity index (χ2v) is 7.84. The molecular formula is C26H31N5O2. The van der Waals surface area contributed by atoms with E-state index in [0.717, 1.165) is 57.0 Å². The Labute approximate surface area is 195 Å². The van der Waals surface area contributed by atoms with Crippen LogP contribution >= 0.6 is 0 Å². The van der Waals surface area contributed by atoms with Crippen LogP contribution in [0.3, 0.4) is 0 Å². The number of fused-ring (bicyclic) bond motifs is 1. The van der Waals surface area contributed by atoms with Crippen molar-refractivity contribution >= 4 is 16.6 Å². The molecule has 0 bridgehead atoms. The van der Waals surface area contributed by atoms with E-state index in [-0.39, 0.29) is 7.43 Å². The van der Waals surface area contributed by atoms with E-state index in [1.165, 1.54) is 0 Å². The highest BCUT2D eigenvalue weighted by molar-refractivity contribution is 5.87. The second kappa shape index (κ2) is 10.3. The van der Waals surface area contributed by atoms with E-state index in [1.54, 1.807) is 31.3 Å². The van der Waals surface area contributed by atoms with Crippen LogP contribution in [-0.2, 0) is 7.05 Å². The number of rotatable bonds is 7. The standard InChI is InChI=1S/C25H27N5O2.CH4/c1-29(2)9-8-22(18-10-20(31-4)13-21(11-18)32-5)17-6-7-23-24(12-17)28-25(15-26-23)19-14-27-30(3)16-19;/h6-8,10-16H,9H2,1-5H3;1H4/b22-8+;. The summed E-state index contributed by atoms with van der Waals surface area (Å²) < 4.78 is 12.8. The van der Waals surface area contributed by atoms with Gasteiger partial charge >= 0.3 is 0 Å². The molecule has 4 aromatic rings. The Kier molecular flexibility index (Phi) is 7.45. The van der Waals surface area contributed by atoms with Crippen molar-refractivity contribution in [3.8, 4) is 22.8 Å². The molecule has 33 heavy (non-hydrogen) atoms. The van der Waals surface area contributed by atoms with E-state index in [9.17, 15) is 0 Å². The topological polar surface area (TPSA) is 65.3 Å². The van der Waals surface area contributed by atoms with Gasteiger partial charge in [0.25, 0.3) is 0 Å². The highest BCUT2D eigenvalue weighted by Crippen LogP contribution is 2.32. The normalized spacial score (nSPS) is 11.5. The highest BCUT2D eigenvalue weighted by atomic mass is 16.5. The third-order valence-electron chi connectivity index (χ3n) is 5.18. The smallest absolute Gasteiger partial charge is 0.123 e. The van der Waals surface area contributed by atoms with Crippen LogP contribution in [0, 0.1) is 0 Å². The molecule has 0 saturated heterocycles. The van der Waals surface area contributed by atoms with E-state index in [2.05, 4.69) is 33.2 Å². The van der Waals surface area contributed by atoms with Gasteiger partial charge in [0.15, 0.2) is 0 Å². The van der Waals surface area contributed by atoms with Gasteiger partial charge in [-0.25, -0.2) is 4.98 Å². The summed E-state index contributed by atoms with van der Waals surface area (Å²) in [6.45, 7) is 0.786. The number of nitrogens with zero attached hydrogens (tertiary/aromatic N) is 5. The van der Waals surface area contributed by atoms with Gasteiger partial charge in [-0.05, 0) is 55.1 Å². The van der Waals surface area contributed by atoms with Crippen LogP contribution in [-0.4, -0.2) is 59.5 Å². The number of likely N-dealkylation sites (N-methyl/N-ethyl adjacent to an activating group) is 1. The number of methoxy groups -OCH3 is 2. The zero-order chi connectivity index (χ0) is 22.7. The molecule has 0 radical (unpaired) electrons. The van der Waals surface area contributed by atoms with Gasteiger partial charge in [0, 0.05) is 31.4 Å². The lowest BCUT2D eigenvalue weighted by atomic mass is 9.96. The minimum atomic E-state index is 0. The van der Waals surface area contributed by atoms with Crippen LogP contribution in [0.15, 0.2) is 61.1 Å². The Morgan fingerprint density at radius 1 is 0.970 bits per heavy atom. The van der Waals surface area contributed by atoms with E-state index in [1.807, 2.05) is 51.6 Å². The summed E-state index contributed by atoms with van der Waals surface area (Å²) in [7, 11) is 9.31. The number of aromatic nitrogens is 4. The second-order valence-electron chi connectivity index (χ2n) is 7.84. The molecule has 0 atom stereocenters. The Bertz CT molecular complexity index is 1250. The monoisotopic (exact) mass is 445 g/mol. The summed E-state index contributed by atoms with van der Waals surface area (Å²) in [5.41, 5.74) is 6.54. The fraction of sp³-hybridized carbons (Fsp3) is 0.269. The molecule has 0 aliphatic rings. The summed E-state index contributed by atoms with van der Waals surface area (Å²) in [5.74, 6) is 1.49. The molecule has 0 aliphatic carbocycles. The van der Waals surface area contributed by atoms with Crippen LogP contribution in [0.1, 0.15) is 18.6 Å². The van der Waals surface area contributed by atoms with Gasteiger partial charge in [-0.15, -0.1) is 0 Å². The largest absolute Gasteiger partial charge is 0.497 e. The Balaban J connectivity index is 0.00000306. The van der Waals surface area contributed by atoms with Crippen molar-refractivity contribution in [1.29, 1.82) is 0 Å². The lowest BCUT2D eigenvalue weighted by Crippen LogP contribution is -2.11. The first kappa shape index (κ1) is 23.9. The molecule has 0 amide bonds. The minimum absolute atomic E-state index is 0. The van der Waals surface area contributed by atoms with E-state index >= 15 is 0 Å². The third-order valence-corrected chi connectivity index (χ3v) is 5.18. The summed E-state index contributed by atoms with van der Waals surface area (Å²) >= 11 is 0. The van der Waals surface area contributed by atoms with Crippen LogP contribution < -0.4 is 9.47 Å². The number of benzene rings is 2. The average Bonchev–Trinajstić information content (AvgIpc) is 3.24. The van der Waals surface area contributed by atoms with E-state index in [0.29, 0.717) is 0 Å². The molecule has 0 spiro atoms.